The van der Waals surface area contributed by atoms with Crippen LogP contribution in [0.25, 0.3) is 111 Å². The first-order chi connectivity index (χ1) is 37.5. The number of fused-ring (bicyclic) bond motifs is 6. The molecule has 0 amide bonds. The second kappa shape index (κ2) is 18.7. The summed E-state index contributed by atoms with van der Waals surface area (Å²) in [5.41, 5.74) is 19.1. The minimum absolute atomic E-state index is 0.152. The molecule has 12 aromatic rings. The third-order valence-corrected chi connectivity index (χ3v) is 15.8. The molecule has 2 heterocycles. The Labute approximate surface area is 452 Å². The van der Waals surface area contributed by atoms with Crippen molar-refractivity contribution in [1.82, 2.24) is 9.13 Å². The van der Waals surface area contributed by atoms with Crippen molar-refractivity contribution >= 4 is 43.6 Å². The molecule has 0 aliphatic rings. The van der Waals surface area contributed by atoms with E-state index in [9.17, 15) is 10.5 Å². The summed E-state index contributed by atoms with van der Waals surface area (Å²) in [5, 5.41) is 26.0. The number of rotatable bonds is 7. The molecule has 0 unspecified atom stereocenters. The van der Waals surface area contributed by atoms with Crippen molar-refractivity contribution in [3.8, 4) is 79.1 Å². The predicted molar refractivity (Wildman–Crippen MR) is 315 cm³/mol. The zero-order valence-electron chi connectivity index (χ0n) is 44.7. The van der Waals surface area contributed by atoms with Gasteiger partial charge in [0, 0.05) is 32.7 Å². The number of halogens is 3. The summed E-state index contributed by atoms with van der Waals surface area (Å²) in [6, 6.07) is 62.5. The standard InChI is InChI=1S/C71H53F3N4/c1-40-12-20-54(44(5)28-40)49-16-24-58-59-25-17-50(55-21-13-41(2)29-45(55)6)35-64(59)77(63(58)34-49)67-32-48(38-75)33-68(70(67)69-53(39-76)10-9-11-62(69)71(72,73)74)78-65-36-51(56-22-14-42(3)30-46(56)7)18-26-60(65)61-27-19-52(37-66(61)78)57-23-15-43(4)31-47(57)8/h9-37H,1-8H3. The molecule has 0 N–H and O–H groups in total. The molecule has 4 nitrogen and oxygen atoms in total. The van der Waals surface area contributed by atoms with E-state index in [0.717, 1.165) is 139 Å². The molecule has 78 heavy (non-hydrogen) atoms. The molecule has 0 fully saturated rings. The van der Waals surface area contributed by atoms with Crippen LogP contribution in [0.2, 0.25) is 0 Å². The average molecular weight is 1020 g/mol. The first-order valence-electron chi connectivity index (χ1n) is 26.2. The molecule has 7 heteroatoms. The lowest BCUT2D eigenvalue weighted by molar-refractivity contribution is -0.137. The topological polar surface area (TPSA) is 57.4 Å². The minimum Gasteiger partial charge on any atom is -0.308 e. The van der Waals surface area contributed by atoms with E-state index < -0.39 is 11.7 Å². The average Bonchev–Trinajstić information content (AvgIpc) is 3.99. The first kappa shape index (κ1) is 49.4. The lowest BCUT2D eigenvalue weighted by Gasteiger charge is -2.24. The minimum atomic E-state index is -4.90. The van der Waals surface area contributed by atoms with Gasteiger partial charge in [0.25, 0.3) is 0 Å². The molecular formula is C71H53F3N4. The number of benzene rings is 10. The number of nitrogens with zero attached hydrogens (tertiary/aromatic N) is 4. The van der Waals surface area contributed by atoms with Gasteiger partial charge in [-0.2, -0.15) is 23.7 Å². The summed E-state index contributed by atoms with van der Waals surface area (Å²) in [4.78, 5) is 0. The molecule has 10 aromatic carbocycles. The lowest BCUT2D eigenvalue weighted by Crippen LogP contribution is -2.12. The zero-order chi connectivity index (χ0) is 54.5. The van der Waals surface area contributed by atoms with Crippen LogP contribution in [0.1, 0.15) is 61.2 Å². The van der Waals surface area contributed by atoms with Crippen molar-refractivity contribution in [3.05, 3.63) is 237 Å². The van der Waals surface area contributed by atoms with E-state index in [0.29, 0.717) is 11.4 Å². The van der Waals surface area contributed by atoms with Crippen LogP contribution in [-0.4, -0.2) is 9.13 Å². The second-order valence-corrected chi connectivity index (χ2v) is 21.2. The van der Waals surface area contributed by atoms with E-state index in [-0.39, 0.29) is 22.3 Å². The van der Waals surface area contributed by atoms with Gasteiger partial charge < -0.3 is 9.13 Å². The molecular weight excluding hydrogens is 966 g/mol. The summed E-state index contributed by atoms with van der Waals surface area (Å²) in [7, 11) is 0. The van der Waals surface area contributed by atoms with E-state index in [1.54, 1.807) is 12.1 Å². The predicted octanol–water partition coefficient (Wildman–Crippen LogP) is 19.4. The number of aromatic nitrogens is 2. The van der Waals surface area contributed by atoms with Crippen molar-refractivity contribution in [2.75, 3.05) is 0 Å². The van der Waals surface area contributed by atoms with Gasteiger partial charge in [-0.3, -0.25) is 0 Å². The fourth-order valence-corrected chi connectivity index (χ4v) is 12.2. The highest BCUT2D eigenvalue weighted by Crippen LogP contribution is 2.49. The number of alkyl halides is 3. The lowest BCUT2D eigenvalue weighted by atomic mass is 9.90. The third kappa shape index (κ3) is 8.22. The van der Waals surface area contributed by atoms with Crippen molar-refractivity contribution in [2.45, 2.75) is 61.6 Å². The van der Waals surface area contributed by atoms with Gasteiger partial charge in [0.15, 0.2) is 0 Å². The van der Waals surface area contributed by atoms with Crippen LogP contribution >= 0.6 is 0 Å². The fourth-order valence-electron chi connectivity index (χ4n) is 12.2. The van der Waals surface area contributed by atoms with Gasteiger partial charge in [0.2, 0.25) is 0 Å². The van der Waals surface area contributed by atoms with E-state index in [1.807, 2.05) is 9.13 Å². The molecule has 12 rings (SSSR count). The third-order valence-electron chi connectivity index (χ3n) is 15.8. The fraction of sp³-hybridized carbons (Fsp3) is 0.127. The Kier molecular flexibility index (Phi) is 11.8. The van der Waals surface area contributed by atoms with Gasteiger partial charge in [0.1, 0.15) is 0 Å². The molecule has 0 radical (unpaired) electrons. The van der Waals surface area contributed by atoms with E-state index in [1.165, 1.54) is 12.1 Å². The van der Waals surface area contributed by atoms with Crippen LogP contribution in [0.15, 0.2) is 176 Å². The summed E-state index contributed by atoms with van der Waals surface area (Å²) in [5.74, 6) is 0. The second-order valence-electron chi connectivity index (χ2n) is 21.2. The zero-order valence-corrected chi connectivity index (χ0v) is 44.7. The van der Waals surface area contributed by atoms with Crippen LogP contribution in [0, 0.1) is 78.1 Å². The molecule has 2 aromatic heterocycles. The summed E-state index contributed by atoms with van der Waals surface area (Å²) in [6.45, 7) is 16.6. The van der Waals surface area contributed by atoms with Gasteiger partial charge in [-0.1, -0.05) is 150 Å². The Morgan fingerprint density at radius 1 is 0.359 bits per heavy atom. The maximum atomic E-state index is 16.2. The highest BCUT2D eigenvalue weighted by molar-refractivity contribution is 6.14. The Bertz CT molecular complexity index is 4140. The van der Waals surface area contributed by atoms with Crippen molar-refractivity contribution in [2.24, 2.45) is 0 Å². The number of hydrogen-bond donors (Lipinski definition) is 0. The Morgan fingerprint density at radius 3 is 0.974 bits per heavy atom. The summed E-state index contributed by atoms with van der Waals surface area (Å²) >= 11 is 0. The van der Waals surface area contributed by atoms with Crippen LogP contribution in [0.5, 0.6) is 0 Å². The normalized spacial score (nSPS) is 11.8. The monoisotopic (exact) mass is 1020 g/mol. The Hall–Kier alpha value is -9.43. The maximum Gasteiger partial charge on any atom is 0.417 e. The van der Waals surface area contributed by atoms with Gasteiger partial charge in [0.05, 0.1) is 62.3 Å². The number of nitriles is 2. The Morgan fingerprint density at radius 2 is 0.692 bits per heavy atom. The molecule has 0 saturated carbocycles. The maximum absolute atomic E-state index is 16.2. The van der Waals surface area contributed by atoms with E-state index in [4.69, 9.17) is 0 Å². The smallest absolute Gasteiger partial charge is 0.308 e. The van der Waals surface area contributed by atoms with Crippen molar-refractivity contribution in [1.29, 1.82) is 10.5 Å². The van der Waals surface area contributed by atoms with Crippen molar-refractivity contribution < 1.29 is 13.2 Å². The number of hydrogen-bond acceptors (Lipinski definition) is 2. The van der Waals surface area contributed by atoms with E-state index >= 15 is 13.2 Å². The highest BCUT2D eigenvalue weighted by Gasteiger charge is 2.37. The van der Waals surface area contributed by atoms with Crippen LogP contribution in [-0.2, 0) is 6.18 Å². The van der Waals surface area contributed by atoms with E-state index in [2.05, 4.69) is 213 Å². The summed E-state index contributed by atoms with van der Waals surface area (Å²) in [6.07, 6.45) is -4.90. The molecule has 0 aliphatic carbocycles. The molecule has 0 spiro atoms. The van der Waals surface area contributed by atoms with Crippen molar-refractivity contribution in [3.63, 3.8) is 0 Å². The number of aryl methyl sites for hydroxylation is 8. The molecule has 0 aliphatic heterocycles. The van der Waals surface area contributed by atoms with Gasteiger partial charge >= 0.3 is 6.18 Å². The van der Waals surface area contributed by atoms with Crippen LogP contribution in [0.4, 0.5) is 13.2 Å². The molecule has 378 valence electrons. The first-order valence-corrected chi connectivity index (χ1v) is 26.2. The van der Waals surface area contributed by atoms with Gasteiger partial charge in [-0.25, -0.2) is 0 Å². The largest absolute Gasteiger partial charge is 0.417 e. The molecule has 0 saturated heterocycles. The highest BCUT2D eigenvalue weighted by atomic mass is 19.4. The SMILES string of the molecule is Cc1ccc(-c2ccc3c4ccc(-c5ccc(C)cc5C)cc4n(-c4cc(C#N)cc(-n5c6cc(-c7ccc(C)cc7C)ccc6c6ccc(-c7ccc(C)cc7C)cc65)c4-c4c(C#N)cccc4C(F)(F)F)c3c2)c(C)c1. The van der Waals surface area contributed by atoms with Crippen LogP contribution < -0.4 is 0 Å². The quantitative estimate of drug-likeness (QED) is 0.160. The molecule has 0 bridgehead atoms. The van der Waals surface area contributed by atoms with Gasteiger partial charge in [-0.05, 0) is 171 Å². The molecule has 0 atom stereocenters. The summed E-state index contributed by atoms with van der Waals surface area (Å²) < 4.78 is 52.7. The van der Waals surface area contributed by atoms with Gasteiger partial charge in [-0.15, -0.1) is 0 Å². The Balaban J connectivity index is 1.30. The van der Waals surface area contributed by atoms with Crippen LogP contribution in [0.3, 0.4) is 0 Å².